The van der Waals surface area contributed by atoms with E-state index < -0.39 is 0 Å². The maximum absolute atomic E-state index is 5.57. The number of anilines is 1. The van der Waals surface area contributed by atoms with E-state index in [4.69, 9.17) is 4.74 Å². The lowest BCUT2D eigenvalue weighted by atomic mass is 10.1. The fourth-order valence-electron chi connectivity index (χ4n) is 2.20. The van der Waals surface area contributed by atoms with E-state index in [0.29, 0.717) is 0 Å². The molecule has 0 saturated heterocycles. The third kappa shape index (κ3) is 4.20. The number of aryl methyl sites for hydroxylation is 1. The fourth-order valence-corrected chi connectivity index (χ4v) is 2.20. The first-order valence-corrected chi connectivity index (χ1v) is 7.49. The number of nitrogens with one attached hydrogen (secondary N) is 1. The van der Waals surface area contributed by atoms with Gasteiger partial charge in [0.25, 0.3) is 0 Å². The van der Waals surface area contributed by atoms with Gasteiger partial charge in [-0.05, 0) is 31.9 Å². The maximum Gasteiger partial charge on any atom is 0.0725 e. The van der Waals surface area contributed by atoms with Gasteiger partial charge in [-0.3, -0.25) is 4.98 Å². The molecule has 1 heterocycles. The maximum atomic E-state index is 5.57. The average molecular weight is 272 g/mol. The van der Waals surface area contributed by atoms with Crippen molar-refractivity contribution >= 4 is 16.6 Å². The van der Waals surface area contributed by atoms with Gasteiger partial charge in [-0.1, -0.05) is 31.5 Å². The zero-order valence-electron chi connectivity index (χ0n) is 12.5. The van der Waals surface area contributed by atoms with E-state index in [0.717, 1.165) is 43.8 Å². The van der Waals surface area contributed by atoms with E-state index in [1.54, 1.807) is 0 Å². The van der Waals surface area contributed by atoms with Crippen molar-refractivity contribution in [3.05, 3.63) is 36.0 Å². The van der Waals surface area contributed by atoms with Gasteiger partial charge in [-0.15, -0.1) is 0 Å². The summed E-state index contributed by atoms with van der Waals surface area (Å²) >= 11 is 0. The van der Waals surface area contributed by atoms with E-state index in [1.807, 2.05) is 13.0 Å². The molecule has 2 aromatic rings. The minimum absolute atomic E-state index is 0.828. The van der Waals surface area contributed by atoms with E-state index >= 15 is 0 Å². The summed E-state index contributed by atoms with van der Waals surface area (Å²) in [5.74, 6) is 0. The molecule has 0 aliphatic rings. The molecule has 1 N–H and O–H groups in total. The van der Waals surface area contributed by atoms with Gasteiger partial charge in [0.05, 0.1) is 5.52 Å². The number of rotatable bonds is 8. The number of benzene rings is 1. The minimum atomic E-state index is 0.828. The van der Waals surface area contributed by atoms with Crippen LogP contribution in [-0.4, -0.2) is 24.7 Å². The smallest absolute Gasteiger partial charge is 0.0725 e. The molecular formula is C17H24N2O. The second kappa shape index (κ2) is 7.85. The van der Waals surface area contributed by atoms with Gasteiger partial charge in [-0.25, -0.2) is 0 Å². The summed E-state index contributed by atoms with van der Waals surface area (Å²) in [6, 6.07) is 10.4. The van der Waals surface area contributed by atoms with Crippen molar-refractivity contribution in [1.29, 1.82) is 0 Å². The minimum Gasteiger partial charge on any atom is -0.384 e. The molecule has 20 heavy (non-hydrogen) atoms. The van der Waals surface area contributed by atoms with Crippen LogP contribution in [0.4, 0.5) is 5.69 Å². The van der Waals surface area contributed by atoms with Gasteiger partial charge in [0, 0.05) is 36.5 Å². The van der Waals surface area contributed by atoms with Crippen LogP contribution in [0.5, 0.6) is 0 Å². The molecule has 0 fully saturated rings. The summed E-state index contributed by atoms with van der Waals surface area (Å²) in [7, 11) is 0. The van der Waals surface area contributed by atoms with Crippen LogP contribution < -0.4 is 5.32 Å². The van der Waals surface area contributed by atoms with Crippen molar-refractivity contribution in [3.8, 4) is 0 Å². The Morgan fingerprint density at radius 3 is 2.80 bits per heavy atom. The summed E-state index contributed by atoms with van der Waals surface area (Å²) < 4.78 is 5.57. The Bertz CT molecular complexity index is 540. The SMILES string of the molecule is CCCCOCCCNc1cc(C)nc2ccccc12. The Hall–Kier alpha value is -1.61. The average Bonchev–Trinajstić information content (AvgIpc) is 2.46. The standard InChI is InChI=1S/C17H24N2O/c1-3-4-11-20-12-7-10-18-17-13-14(2)19-16-9-6-5-8-15(16)17/h5-6,8-9,13H,3-4,7,10-12H2,1-2H3,(H,18,19). The Morgan fingerprint density at radius 1 is 1.15 bits per heavy atom. The monoisotopic (exact) mass is 272 g/mol. The molecule has 0 amide bonds. The zero-order valence-corrected chi connectivity index (χ0v) is 12.5. The molecular weight excluding hydrogens is 248 g/mol. The van der Waals surface area contributed by atoms with Crippen LogP contribution in [0.2, 0.25) is 0 Å². The summed E-state index contributed by atoms with van der Waals surface area (Å²) in [6.45, 7) is 6.86. The first-order chi connectivity index (χ1) is 9.81. The topological polar surface area (TPSA) is 34.1 Å². The van der Waals surface area contributed by atoms with E-state index in [-0.39, 0.29) is 0 Å². The van der Waals surface area contributed by atoms with Crippen LogP contribution in [0.25, 0.3) is 10.9 Å². The van der Waals surface area contributed by atoms with Crippen LogP contribution in [0.3, 0.4) is 0 Å². The lowest BCUT2D eigenvalue weighted by Gasteiger charge is -2.11. The third-order valence-corrected chi connectivity index (χ3v) is 3.27. The normalized spacial score (nSPS) is 10.9. The molecule has 0 unspecified atom stereocenters. The van der Waals surface area contributed by atoms with Gasteiger partial charge in [0.15, 0.2) is 0 Å². The number of pyridine rings is 1. The van der Waals surface area contributed by atoms with Crippen molar-refractivity contribution in [2.24, 2.45) is 0 Å². The van der Waals surface area contributed by atoms with Crippen LogP contribution in [0, 0.1) is 6.92 Å². The Balaban J connectivity index is 1.86. The predicted molar refractivity (Wildman–Crippen MR) is 85.3 cm³/mol. The van der Waals surface area contributed by atoms with Crippen molar-refractivity contribution in [2.75, 3.05) is 25.1 Å². The lowest BCUT2D eigenvalue weighted by molar-refractivity contribution is 0.131. The van der Waals surface area contributed by atoms with Crippen molar-refractivity contribution in [2.45, 2.75) is 33.1 Å². The highest BCUT2D eigenvalue weighted by Gasteiger charge is 2.02. The van der Waals surface area contributed by atoms with Crippen molar-refractivity contribution < 1.29 is 4.74 Å². The molecule has 108 valence electrons. The zero-order chi connectivity index (χ0) is 14.2. The summed E-state index contributed by atoms with van der Waals surface area (Å²) in [5, 5.41) is 4.68. The molecule has 1 aromatic carbocycles. The van der Waals surface area contributed by atoms with Gasteiger partial charge in [-0.2, -0.15) is 0 Å². The molecule has 3 heteroatoms. The Morgan fingerprint density at radius 2 is 1.95 bits per heavy atom. The van der Waals surface area contributed by atoms with Crippen LogP contribution >= 0.6 is 0 Å². The van der Waals surface area contributed by atoms with Gasteiger partial charge >= 0.3 is 0 Å². The third-order valence-electron chi connectivity index (χ3n) is 3.27. The molecule has 0 aliphatic carbocycles. The summed E-state index contributed by atoms with van der Waals surface area (Å²) in [5.41, 5.74) is 3.27. The number of ether oxygens (including phenoxy) is 1. The number of fused-ring (bicyclic) bond motifs is 1. The van der Waals surface area contributed by atoms with E-state index in [1.165, 1.54) is 17.5 Å². The largest absolute Gasteiger partial charge is 0.384 e. The number of aromatic nitrogens is 1. The van der Waals surface area contributed by atoms with Crippen LogP contribution in [0.1, 0.15) is 31.9 Å². The van der Waals surface area contributed by atoms with Crippen LogP contribution in [-0.2, 0) is 4.74 Å². The molecule has 0 spiro atoms. The first-order valence-electron chi connectivity index (χ1n) is 7.49. The van der Waals surface area contributed by atoms with Crippen molar-refractivity contribution in [1.82, 2.24) is 4.98 Å². The second-order valence-corrected chi connectivity index (χ2v) is 5.07. The second-order valence-electron chi connectivity index (χ2n) is 5.07. The quantitative estimate of drug-likeness (QED) is 0.733. The van der Waals surface area contributed by atoms with Gasteiger partial charge in [0.1, 0.15) is 0 Å². The molecule has 2 rings (SSSR count). The van der Waals surface area contributed by atoms with Crippen molar-refractivity contribution in [3.63, 3.8) is 0 Å². The number of nitrogens with zero attached hydrogens (tertiary/aromatic N) is 1. The Labute approximate surface area is 121 Å². The molecule has 0 atom stereocenters. The van der Waals surface area contributed by atoms with Gasteiger partial charge in [0.2, 0.25) is 0 Å². The number of para-hydroxylation sites is 1. The number of hydrogen-bond donors (Lipinski definition) is 1. The van der Waals surface area contributed by atoms with E-state index in [2.05, 4.69) is 41.5 Å². The molecule has 0 aliphatic heterocycles. The highest BCUT2D eigenvalue weighted by molar-refractivity contribution is 5.91. The highest BCUT2D eigenvalue weighted by atomic mass is 16.5. The molecule has 3 nitrogen and oxygen atoms in total. The predicted octanol–water partition coefficient (Wildman–Crippen LogP) is 4.16. The van der Waals surface area contributed by atoms with Crippen LogP contribution in [0.15, 0.2) is 30.3 Å². The summed E-state index contributed by atoms with van der Waals surface area (Å²) in [4.78, 5) is 4.55. The highest BCUT2D eigenvalue weighted by Crippen LogP contribution is 2.22. The molecule has 0 saturated carbocycles. The number of hydrogen-bond acceptors (Lipinski definition) is 3. The van der Waals surface area contributed by atoms with E-state index in [9.17, 15) is 0 Å². The first kappa shape index (κ1) is 14.8. The fraction of sp³-hybridized carbons (Fsp3) is 0.471. The Kier molecular flexibility index (Phi) is 5.81. The lowest BCUT2D eigenvalue weighted by Crippen LogP contribution is -2.07. The number of unbranched alkanes of at least 4 members (excludes halogenated alkanes) is 1. The van der Waals surface area contributed by atoms with Gasteiger partial charge < -0.3 is 10.1 Å². The summed E-state index contributed by atoms with van der Waals surface area (Å²) in [6.07, 6.45) is 3.38. The molecule has 0 bridgehead atoms. The molecule has 1 aromatic heterocycles. The molecule has 0 radical (unpaired) electrons.